The van der Waals surface area contributed by atoms with Crippen LogP contribution in [0, 0.1) is 0 Å². The van der Waals surface area contributed by atoms with Crippen LogP contribution >= 0.6 is 11.3 Å². The standard InChI is InChI=1S/C23H23N5O2S/c1-30-14-15-2-5-17(6-3-15)26-23-25-13-16-4-7-19-18(21(16)27-23)12-20(31-19)22(29)28-10-8-24-9-11-28/h2-7,12-13,24H,8-11,14H2,1H3,(H,25,26,27). The summed E-state index contributed by atoms with van der Waals surface area (Å²) in [7, 11) is 1.68. The Morgan fingerprint density at radius 1 is 1.19 bits per heavy atom. The third-order valence-corrected chi connectivity index (χ3v) is 6.47. The van der Waals surface area contributed by atoms with Gasteiger partial charge in [-0.3, -0.25) is 4.79 Å². The van der Waals surface area contributed by atoms with Gasteiger partial charge in [-0.25, -0.2) is 9.97 Å². The first-order chi connectivity index (χ1) is 15.2. The van der Waals surface area contributed by atoms with Crippen LogP contribution in [0.1, 0.15) is 15.2 Å². The molecule has 2 aromatic carbocycles. The molecular weight excluding hydrogens is 410 g/mol. The molecule has 1 amide bonds. The number of anilines is 2. The highest BCUT2D eigenvalue weighted by Gasteiger charge is 2.20. The Hall–Kier alpha value is -3.07. The highest BCUT2D eigenvalue weighted by molar-refractivity contribution is 7.21. The minimum absolute atomic E-state index is 0.0967. The Balaban J connectivity index is 1.46. The van der Waals surface area contributed by atoms with Crippen molar-refractivity contribution in [2.45, 2.75) is 6.61 Å². The molecule has 0 spiro atoms. The van der Waals surface area contributed by atoms with E-state index in [0.717, 1.165) is 63.3 Å². The van der Waals surface area contributed by atoms with E-state index in [1.165, 1.54) is 11.3 Å². The molecule has 1 saturated heterocycles. The molecule has 7 nitrogen and oxygen atoms in total. The summed E-state index contributed by atoms with van der Waals surface area (Å²) in [5, 5.41) is 8.50. The molecule has 2 aromatic heterocycles. The molecule has 1 aliphatic rings. The van der Waals surface area contributed by atoms with Gasteiger partial charge in [0.25, 0.3) is 5.91 Å². The number of carbonyl (C=O) groups excluding carboxylic acids is 1. The molecule has 0 unspecified atom stereocenters. The number of thiophene rings is 1. The SMILES string of the molecule is COCc1ccc(Nc2ncc3ccc4sc(C(=O)N5CCNCC5)cc4c3n2)cc1. The number of methoxy groups -OCH3 is 1. The van der Waals surface area contributed by atoms with Crippen molar-refractivity contribution in [3.8, 4) is 0 Å². The molecule has 0 atom stereocenters. The van der Waals surface area contributed by atoms with E-state index < -0.39 is 0 Å². The molecule has 0 radical (unpaired) electrons. The number of hydrogen-bond acceptors (Lipinski definition) is 7. The normalized spacial score (nSPS) is 14.3. The second-order valence-corrected chi connectivity index (χ2v) is 8.60. The van der Waals surface area contributed by atoms with Gasteiger partial charge in [0.15, 0.2) is 0 Å². The fourth-order valence-electron chi connectivity index (χ4n) is 3.78. The molecule has 0 aliphatic carbocycles. The van der Waals surface area contributed by atoms with Gasteiger partial charge in [-0.2, -0.15) is 0 Å². The van der Waals surface area contributed by atoms with Crippen LogP contribution in [0.15, 0.2) is 48.7 Å². The number of ether oxygens (including phenoxy) is 1. The highest BCUT2D eigenvalue weighted by Crippen LogP contribution is 2.32. The summed E-state index contributed by atoms with van der Waals surface area (Å²) in [6.07, 6.45) is 1.82. The first-order valence-electron chi connectivity index (χ1n) is 10.3. The van der Waals surface area contributed by atoms with E-state index in [9.17, 15) is 4.79 Å². The minimum Gasteiger partial charge on any atom is -0.380 e. The summed E-state index contributed by atoms with van der Waals surface area (Å²) >= 11 is 1.53. The number of rotatable bonds is 5. The Morgan fingerprint density at radius 3 is 2.77 bits per heavy atom. The van der Waals surface area contributed by atoms with Crippen LogP contribution in [0.25, 0.3) is 21.0 Å². The van der Waals surface area contributed by atoms with E-state index in [2.05, 4.69) is 15.6 Å². The quantitative estimate of drug-likeness (QED) is 0.499. The van der Waals surface area contributed by atoms with Crippen molar-refractivity contribution in [3.05, 3.63) is 59.1 Å². The predicted octanol–water partition coefficient (Wildman–Crippen LogP) is 3.78. The second kappa shape index (κ2) is 8.58. The minimum atomic E-state index is 0.0967. The molecule has 0 saturated carbocycles. The van der Waals surface area contributed by atoms with E-state index in [1.807, 2.05) is 53.6 Å². The molecule has 158 valence electrons. The fraction of sp³-hybridized carbons (Fsp3) is 0.261. The van der Waals surface area contributed by atoms with Crippen molar-refractivity contribution in [1.82, 2.24) is 20.2 Å². The zero-order chi connectivity index (χ0) is 21.2. The molecule has 1 aliphatic heterocycles. The van der Waals surface area contributed by atoms with Gasteiger partial charge in [0.2, 0.25) is 5.95 Å². The van der Waals surface area contributed by atoms with Crippen LogP contribution in [-0.2, 0) is 11.3 Å². The van der Waals surface area contributed by atoms with Crippen molar-refractivity contribution in [2.24, 2.45) is 0 Å². The number of nitrogens with zero attached hydrogens (tertiary/aromatic N) is 3. The maximum Gasteiger partial charge on any atom is 0.264 e. The largest absolute Gasteiger partial charge is 0.380 e. The van der Waals surface area contributed by atoms with Gasteiger partial charge in [0, 0.05) is 60.6 Å². The molecule has 3 heterocycles. The molecule has 5 rings (SSSR count). The monoisotopic (exact) mass is 433 g/mol. The molecule has 31 heavy (non-hydrogen) atoms. The van der Waals surface area contributed by atoms with E-state index >= 15 is 0 Å². The lowest BCUT2D eigenvalue weighted by atomic mass is 10.1. The van der Waals surface area contributed by atoms with E-state index in [-0.39, 0.29) is 5.91 Å². The number of fused-ring (bicyclic) bond motifs is 3. The third-order valence-electron chi connectivity index (χ3n) is 5.38. The summed E-state index contributed by atoms with van der Waals surface area (Å²) < 4.78 is 6.21. The van der Waals surface area contributed by atoms with Crippen LogP contribution in [0.4, 0.5) is 11.6 Å². The van der Waals surface area contributed by atoms with Crippen LogP contribution in [-0.4, -0.2) is 54.1 Å². The molecule has 2 N–H and O–H groups in total. The van der Waals surface area contributed by atoms with Gasteiger partial charge in [-0.1, -0.05) is 12.1 Å². The average molecular weight is 434 g/mol. The molecule has 4 aromatic rings. The van der Waals surface area contributed by atoms with Crippen molar-refractivity contribution >= 4 is 49.9 Å². The number of carbonyl (C=O) groups is 1. The van der Waals surface area contributed by atoms with Crippen LogP contribution in [0.3, 0.4) is 0 Å². The fourth-order valence-corrected chi connectivity index (χ4v) is 4.81. The number of amides is 1. The maximum absolute atomic E-state index is 12.9. The van der Waals surface area contributed by atoms with Gasteiger partial charge in [-0.15, -0.1) is 11.3 Å². The average Bonchev–Trinajstić information content (AvgIpc) is 3.26. The van der Waals surface area contributed by atoms with Gasteiger partial charge in [0.05, 0.1) is 17.0 Å². The lowest BCUT2D eigenvalue weighted by molar-refractivity contribution is 0.0741. The molecular formula is C23H23N5O2S. The second-order valence-electron chi connectivity index (χ2n) is 7.52. The number of nitrogens with one attached hydrogen (secondary N) is 2. The molecule has 0 bridgehead atoms. The zero-order valence-corrected chi connectivity index (χ0v) is 18.0. The Bertz CT molecular complexity index is 1230. The Morgan fingerprint density at radius 2 is 2.00 bits per heavy atom. The van der Waals surface area contributed by atoms with Crippen LogP contribution in [0.2, 0.25) is 0 Å². The molecule has 8 heteroatoms. The lowest BCUT2D eigenvalue weighted by Gasteiger charge is -2.26. The number of hydrogen-bond donors (Lipinski definition) is 2. The van der Waals surface area contributed by atoms with E-state index in [4.69, 9.17) is 9.72 Å². The first kappa shape index (κ1) is 19.9. The highest BCUT2D eigenvalue weighted by atomic mass is 32.1. The number of benzene rings is 2. The summed E-state index contributed by atoms with van der Waals surface area (Å²) in [6.45, 7) is 3.75. The van der Waals surface area contributed by atoms with Crippen LogP contribution in [0.5, 0.6) is 0 Å². The van der Waals surface area contributed by atoms with Gasteiger partial charge < -0.3 is 20.3 Å². The summed E-state index contributed by atoms with van der Waals surface area (Å²) in [6, 6.07) is 14.0. The van der Waals surface area contributed by atoms with Crippen molar-refractivity contribution in [1.29, 1.82) is 0 Å². The van der Waals surface area contributed by atoms with Gasteiger partial charge >= 0.3 is 0 Å². The number of piperazine rings is 1. The Kier molecular flexibility index (Phi) is 5.50. The first-order valence-corrected chi connectivity index (χ1v) is 11.1. The smallest absolute Gasteiger partial charge is 0.264 e. The van der Waals surface area contributed by atoms with E-state index in [0.29, 0.717) is 12.6 Å². The third kappa shape index (κ3) is 4.10. The lowest BCUT2D eigenvalue weighted by Crippen LogP contribution is -2.46. The van der Waals surface area contributed by atoms with Gasteiger partial charge in [-0.05, 0) is 35.9 Å². The summed E-state index contributed by atoms with van der Waals surface area (Å²) in [5.74, 6) is 0.625. The zero-order valence-electron chi connectivity index (χ0n) is 17.2. The van der Waals surface area contributed by atoms with Crippen LogP contribution < -0.4 is 10.6 Å². The van der Waals surface area contributed by atoms with Gasteiger partial charge in [0.1, 0.15) is 0 Å². The maximum atomic E-state index is 12.9. The van der Waals surface area contributed by atoms with Crippen molar-refractivity contribution in [3.63, 3.8) is 0 Å². The summed E-state index contributed by atoms with van der Waals surface area (Å²) in [5.41, 5.74) is 2.86. The topological polar surface area (TPSA) is 79.4 Å². The summed E-state index contributed by atoms with van der Waals surface area (Å²) in [4.78, 5) is 24.8. The predicted molar refractivity (Wildman–Crippen MR) is 124 cm³/mol. The van der Waals surface area contributed by atoms with Crippen molar-refractivity contribution < 1.29 is 9.53 Å². The molecule has 1 fully saturated rings. The Labute approximate surface area is 184 Å². The van der Waals surface area contributed by atoms with E-state index in [1.54, 1.807) is 7.11 Å². The van der Waals surface area contributed by atoms with Crippen molar-refractivity contribution in [2.75, 3.05) is 38.6 Å². The number of aromatic nitrogens is 2.